The van der Waals surface area contributed by atoms with E-state index in [9.17, 15) is 14.7 Å². The topological polar surface area (TPSA) is 84.2 Å². The first-order chi connectivity index (χ1) is 11.6. The van der Waals surface area contributed by atoms with E-state index >= 15 is 0 Å². The lowest BCUT2D eigenvalue weighted by molar-refractivity contribution is -0.148. The molecule has 2 N–H and O–H groups in total. The molecule has 24 heavy (non-hydrogen) atoms. The Labute approximate surface area is 144 Å². The number of rotatable bonds is 5. The number of nitrogens with zero attached hydrogens (tertiary/aromatic N) is 2. The molecule has 0 atom stereocenters. The van der Waals surface area contributed by atoms with E-state index in [1.807, 2.05) is 36.5 Å². The summed E-state index contributed by atoms with van der Waals surface area (Å²) in [7, 11) is 0. The molecule has 0 unspecified atom stereocenters. The van der Waals surface area contributed by atoms with Gasteiger partial charge in [-0.25, -0.2) is 9.48 Å². The number of aliphatic carboxylic acids is 1. The summed E-state index contributed by atoms with van der Waals surface area (Å²) in [5.41, 5.74) is 0.641. The third-order valence-corrected chi connectivity index (χ3v) is 5.19. The molecule has 6 nitrogen and oxygen atoms in total. The van der Waals surface area contributed by atoms with Gasteiger partial charge in [-0.3, -0.25) is 4.79 Å². The Balaban J connectivity index is 1.65. The highest BCUT2D eigenvalue weighted by atomic mass is 32.2. The first kappa shape index (κ1) is 16.6. The van der Waals surface area contributed by atoms with E-state index in [-0.39, 0.29) is 12.3 Å². The lowest BCUT2D eigenvalue weighted by atomic mass is 9.92. The number of hydrogen-bond donors (Lipinski definition) is 2. The lowest BCUT2D eigenvalue weighted by Gasteiger charge is -2.33. The predicted molar refractivity (Wildman–Crippen MR) is 92.3 cm³/mol. The minimum atomic E-state index is -1.11. The second-order valence-electron chi connectivity index (χ2n) is 5.84. The summed E-state index contributed by atoms with van der Waals surface area (Å²) >= 11 is 1.72. The van der Waals surface area contributed by atoms with Gasteiger partial charge in [-0.1, -0.05) is 12.1 Å². The molecular formula is C17H19N3O3S. The first-order valence-corrected chi connectivity index (χ1v) is 8.96. The minimum absolute atomic E-state index is 0.168. The molecule has 2 aromatic rings. The number of thioether (sulfide) groups is 1. The fraction of sp³-hybridized carbons (Fsp3) is 0.353. The maximum atomic E-state index is 12.3. The summed E-state index contributed by atoms with van der Waals surface area (Å²) in [6, 6.07) is 9.34. The van der Waals surface area contributed by atoms with Crippen LogP contribution in [0.15, 0.2) is 42.7 Å². The van der Waals surface area contributed by atoms with Crippen molar-refractivity contribution in [2.45, 2.75) is 24.8 Å². The van der Waals surface area contributed by atoms with E-state index in [2.05, 4.69) is 10.4 Å². The van der Waals surface area contributed by atoms with Crippen molar-refractivity contribution in [3.8, 4) is 5.69 Å². The maximum Gasteiger partial charge on any atom is 0.329 e. The summed E-state index contributed by atoms with van der Waals surface area (Å²) in [4.78, 5) is 23.9. The van der Waals surface area contributed by atoms with Crippen LogP contribution in [0.2, 0.25) is 0 Å². The zero-order chi connectivity index (χ0) is 17.0. The molecule has 0 aliphatic carbocycles. The summed E-state index contributed by atoms with van der Waals surface area (Å²) in [5, 5.41) is 16.4. The largest absolute Gasteiger partial charge is 0.480 e. The minimum Gasteiger partial charge on any atom is -0.480 e. The number of carboxylic acids is 1. The van der Waals surface area contributed by atoms with Crippen LogP contribution in [0.5, 0.6) is 0 Å². The highest BCUT2D eigenvalue weighted by molar-refractivity contribution is 7.99. The average molecular weight is 345 g/mol. The van der Waals surface area contributed by atoms with E-state index < -0.39 is 11.5 Å². The van der Waals surface area contributed by atoms with Gasteiger partial charge in [0.25, 0.3) is 0 Å². The van der Waals surface area contributed by atoms with Crippen molar-refractivity contribution < 1.29 is 14.7 Å². The first-order valence-electron chi connectivity index (χ1n) is 7.80. The fourth-order valence-electron chi connectivity index (χ4n) is 2.80. The molecule has 1 aromatic heterocycles. The molecule has 3 rings (SSSR count). The Morgan fingerprint density at radius 1 is 1.25 bits per heavy atom. The van der Waals surface area contributed by atoms with Crippen LogP contribution in [0.3, 0.4) is 0 Å². The second-order valence-corrected chi connectivity index (χ2v) is 7.07. The molecule has 126 valence electrons. The van der Waals surface area contributed by atoms with Crippen LogP contribution in [0.4, 0.5) is 0 Å². The Kier molecular flexibility index (Phi) is 4.89. The van der Waals surface area contributed by atoms with Crippen molar-refractivity contribution in [1.82, 2.24) is 15.1 Å². The normalized spacial score (nSPS) is 16.5. The second kappa shape index (κ2) is 7.09. The Morgan fingerprint density at radius 2 is 1.96 bits per heavy atom. The number of benzene rings is 1. The average Bonchev–Trinajstić information content (AvgIpc) is 3.10. The molecule has 0 radical (unpaired) electrons. The molecule has 0 saturated carbocycles. The van der Waals surface area contributed by atoms with Gasteiger partial charge in [0.1, 0.15) is 5.54 Å². The monoisotopic (exact) mass is 345 g/mol. The lowest BCUT2D eigenvalue weighted by Crippen LogP contribution is -2.56. The van der Waals surface area contributed by atoms with Gasteiger partial charge in [-0.05, 0) is 48.1 Å². The van der Waals surface area contributed by atoms with E-state index in [1.165, 1.54) is 0 Å². The summed E-state index contributed by atoms with van der Waals surface area (Å²) in [6.45, 7) is 0. The molecule has 1 aromatic carbocycles. The molecule has 1 fully saturated rings. The van der Waals surface area contributed by atoms with E-state index in [0.29, 0.717) is 12.8 Å². The number of carbonyl (C=O) groups excluding carboxylic acids is 1. The van der Waals surface area contributed by atoms with Gasteiger partial charge in [0.2, 0.25) is 5.91 Å². The highest BCUT2D eigenvalue weighted by Gasteiger charge is 2.41. The Bertz CT molecular complexity index is 707. The highest BCUT2D eigenvalue weighted by Crippen LogP contribution is 2.27. The van der Waals surface area contributed by atoms with Crippen LogP contribution in [-0.4, -0.2) is 43.8 Å². The van der Waals surface area contributed by atoms with Gasteiger partial charge in [0, 0.05) is 12.4 Å². The number of hydrogen-bond acceptors (Lipinski definition) is 4. The van der Waals surface area contributed by atoms with E-state index in [4.69, 9.17) is 0 Å². The molecule has 1 saturated heterocycles. The molecular weight excluding hydrogens is 326 g/mol. The quantitative estimate of drug-likeness (QED) is 0.864. The van der Waals surface area contributed by atoms with Crippen molar-refractivity contribution in [3.05, 3.63) is 48.3 Å². The molecule has 1 amide bonds. The summed E-state index contributed by atoms with van der Waals surface area (Å²) in [5.74, 6) is 0.317. The molecule has 1 aliphatic heterocycles. The van der Waals surface area contributed by atoms with E-state index in [0.717, 1.165) is 22.8 Å². The number of amides is 1. The van der Waals surface area contributed by atoms with Gasteiger partial charge < -0.3 is 10.4 Å². The van der Waals surface area contributed by atoms with Gasteiger partial charge in [0.05, 0.1) is 12.1 Å². The van der Waals surface area contributed by atoms with E-state index in [1.54, 1.807) is 22.6 Å². The van der Waals surface area contributed by atoms with Crippen molar-refractivity contribution >= 4 is 23.6 Å². The number of aromatic nitrogens is 2. The fourth-order valence-corrected chi connectivity index (χ4v) is 3.99. The third-order valence-electron chi connectivity index (χ3n) is 4.20. The van der Waals surface area contributed by atoms with Gasteiger partial charge >= 0.3 is 5.97 Å². The summed E-state index contributed by atoms with van der Waals surface area (Å²) in [6.07, 6.45) is 4.66. The Hall–Kier alpha value is -2.28. The van der Waals surface area contributed by atoms with Crippen LogP contribution >= 0.6 is 11.8 Å². The van der Waals surface area contributed by atoms with Crippen LogP contribution in [0.1, 0.15) is 18.4 Å². The van der Waals surface area contributed by atoms with Crippen molar-refractivity contribution in [2.75, 3.05) is 11.5 Å². The van der Waals surface area contributed by atoms with Crippen LogP contribution in [-0.2, 0) is 16.0 Å². The smallest absolute Gasteiger partial charge is 0.329 e. The van der Waals surface area contributed by atoms with Crippen LogP contribution in [0, 0.1) is 0 Å². The third kappa shape index (κ3) is 3.62. The van der Waals surface area contributed by atoms with Crippen molar-refractivity contribution in [3.63, 3.8) is 0 Å². The number of carbonyl (C=O) groups is 2. The standard InChI is InChI=1S/C17H19N3O3S/c21-15(19-17(16(22)23)6-10-24-11-7-17)12-13-2-4-14(5-3-13)20-9-1-8-18-20/h1-5,8-9H,6-7,10-12H2,(H,19,21)(H,22,23). The van der Waals surface area contributed by atoms with Crippen LogP contribution in [0.25, 0.3) is 5.69 Å². The van der Waals surface area contributed by atoms with Gasteiger partial charge in [-0.15, -0.1) is 0 Å². The number of carboxylic acid groups (broad SMARTS) is 1. The molecule has 7 heteroatoms. The SMILES string of the molecule is O=C(Cc1ccc(-n2cccn2)cc1)NC1(C(=O)O)CCSCC1. The zero-order valence-corrected chi connectivity index (χ0v) is 14.0. The van der Waals surface area contributed by atoms with Gasteiger partial charge in [-0.2, -0.15) is 16.9 Å². The van der Waals surface area contributed by atoms with Gasteiger partial charge in [0.15, 0.2) is 0 Å². The maximum absolute atomic E-state index is 12.3. The Morgan fingerprint density at radius 3 is 2.54 bits per heavy atom. The van der Waals surface area contributed by atoms with Crippen molar-refractivity contribution in [2.24, 2.45) is 0 Å². The molecule has 0 spiro atoms. The zero-order valence-electron chi connectivity index (χ0n) is 13.1. The molecule has 1 aliphatic rings. The number of nitrogens with one attached hydrogen (secondary N) is 1. The summed E-state index contributed by atoms with van der Waals surface area (Å²) < 4.78 is 1.74. The van der Waals surface area contributed by atoms with Crippen molar-refractivity contribution in [1.29, 1.82) is 0 Å². The molecule has 0 bridgehead atoms. The van der Waals surface area contributed by atoms with Crippen LogP contribution < -0.4 is 5.32 Å². The molecule has 2 heterocycles. The predicted octanol–water partition coefficient (Wildman–Crippen LogP) is 1.88.